The Morgan fingerprint density at radius 1 is 0.246 bits per heavy atom. The standard InChI is InChI=1S/C40H80N30O15.8C2H4.17CH4/c41-53-49-2-1-21-72-25-14-65(15-26-76-35-32-73-22-3-50-54-42)6-9-68(10-7-66(16-27-77-36-33-74-23-4-51-55-43)17-28-78-37-34-75-24-5-52-56-44)39-69(11-8-67(18-29-79-83-62-58-46)19-30-80-84-63-59-47)12-13-70(20-31-81-85-64-60-48)40(38-71)82-61-57-45;8*1-2;;;;;;;;;;;;;;;;;/h40,71H,1-39H2;8*1-2H2;17*1H4. The third-order valence-electron chi connectivity index (χ3n) is 11.0. The van der Waals surface area contributed by atoms with Gasteiger partial charge in [0.15, 0.2) is 6.23 Å². The van der Waals surface area contributed by atoms with Gasteiger partial charge in [-0.25, -0.2) is 0 Å². The Kier molecular flexibility index (Phi) is 295. The first kappa shape index (κ1) is 184. The third-order valence-corrected chi connectivity index (χ3v) is 11.0. The predicted molar refractivity (Wildman–Crippen MR) is 499 cm³/mol. The van der Waals surface area contributed by atoms with Crippen molar-refractivity contribution >= 4 is 0 Å². The van der Waals surface area contributed by atoms with Crippen molar-refractivity contribution in [2.75, 3.05) is 250 Å². The molecule has 118 heavy (non-hydrogen) atoms. The molecule has 0 fully saturated rings. The molecule has 0 saturated carbocycles. The van der Waals surface area contributed by atoms with Gasteiger partial charge in [-0.1, -0.05) is 147 Å². The Morgan fingerprint density at radius 2 is 0.475 bits per heavy atom. The predicted octanol–water partition coefficient (Wildman–Crippen LogP) is 21.8. The smallest absolute Gasteiger partial charge is 0.184 e. The Hall–Kier alpha value is -9.08. The highest BCUT2D eigenvalue weighted by atomic mass is 17.3. The van der Waals surface area contributed by atoms with E-state index in [0.717, 1.165) is 0 Å². The summed E-state index contributed by atoms with van der Waals surface area (Å²) in [7, 11) is 0. The number of azide groups is 8. The molecule has 0 bridgehead atoms. The zero-order valence-electron chi connectivity index (χ0n) is 59.0. The molecule has 0 spiro atoms. The molecule has 0 aliphatic carbocycles. The van der Waals surface area contributed by atoms with E-state index in [1.807, 2.05) is 4.90 Å². The molecule has 0 radical (unpaired) electrons. The highest BCUT2D eigenvalue weighted by Crippen LogP contribution is 2.08. The van der Waals surface area contributed by atoms with E-state index in [0.29, 0.717) is 145 Å². The van der Waals surface area contributed by atoms with Crippen LogP contribution >= 0.6 is 0 Å². The first-order chi connectivity index (χ1) is 50.0. The van der Waals surface area contributed by atoms with Crippen LogP contribution in [-0.2, 0) is 67.6 Å². The molecular formula is C73H180N30O15. The maximum absolute atomic E-state index is 10.4. The second-order valence-electron chi connectivity index (χ2n) is 16.5. The molecule has 0 aromatic carbocycles. The van der Waals surface area contributed by atoms with Crippen molar-refractivity contribution in [3.05, 3.63) is 189 Å². The Labute approximate surface area is 718 Å². The maximum atomic E-state index is 10.4. The van der Waals surface area contributed by atoms with Gasteiger partial charge >= 0.3 is 0 Å². The number of hydrogen-bond acceptors (Lipinski definition) is 29. The summed E-state index contributed by atoms with van der Waals surface area (Å²) in [6.07, 6.45) is -0.611. The van der Waals surface area contributed by atoms with E-state index in [1.165, 1.54) is 0 Å². The zero-order chi connectivity index (χ0) is 77.8. The SMILES string of the molecule is C.C.C.C.C.C.C.C.C.C.C.C.C.C.C.C.C.C=C.C=C.C=C.C=C.C=C.C=C.C=C.C=C.[N-]=[N+]=NCCCOCCN(CCOCCOCCN=[N+]=[N-])CCN(CCN(CCOCCOCCN=[N+]=[N-])CCOCCOCCN=[N+]=[N-])CN(CCN(CCOON=[N+]=[N-])CCOON=[N+]=[N-])CCN(CCOON=[N+]=[N-])C(CO)ON=[N+]=[N-]. The summed E-state index contributed by atoms with van der Waals surface area (Å²) in [6, 6.07) is 0. The van der Waals surface area contributed by atoms with Crippen molar-refractivity contribution in [2.24, 2.45) is 41.6 Å². The molecule has 712 valence electrons. The van der Waals surface area contributed by atoms with Crippen LogP contribution in [0.4, 0.5) is 0 Å². The number of hydrogen-bond donors (Lipinski definition) is 1. The van der Waals surface area contributed by atoms with E-state index in [2.05, 4.69) is 221 Å². The fourth-order valence-electron chi connectivity index (χ4n) is 6.89. The van der Waals surface area contributed by atoms with Crippen LogP contribution < -0.4 is 0 Å². The van der Waals surface area contributed by atoms with Gasteiger partial charge < -0.3 is 43.1 Å². The van der Waals surface area contributed by atoms with Crippen LogP contribution in [0.1, 0.15) is 133 Å². The zero-order valence-corrected chi connectivity index (χ0v) is 59.0. The highest BCUT2D eigenvalue weighted by Gasteiger charge is 2.23. The van der Waals surface area contributed by atoms with Crippen LogP contribution in [0.15, 0.2) is 147 Å². The van der Waals surface area contributed by atoms with E-state index < -0.39 is 12.8 Å². The molecule has 0 saturated heterocycles. The van der Waals surface area contributed by atoms with Gasteiger partial charge in [0.2, 0.25) is 0 Å². The molecule has 1 N–H and O–H groups in total. The molecule has 0 aromatic heterocycles. The molecule has 1 unspecified atom stereocenters. The summed E-state index contributed by atoms with van der Waals surface area (Å²) in [4.78, 5) is 67.2. The van der Waals surface area contributed by atoms with Gasteiger partial charge in [-0.2, -0.15) is 14.7 Å². The van der Waals surface area contributed by atoms with Gasteiger partial charge in [-0.15, -0.1) is 105 Å². The van der Waals surface area contributed by atoms with Crippen molar-refractivity contribution < 1.29 is 72.7 Å². The largest absolute Gasteiger partial charge is 0.411 e. The molecule has 1 atom stereocenters. The molecular weight excluding hydrogens is 1540 g/mol. The number of nitrogens with zero attached hydrogens (tertiary/aromatic N) is 30. The summed E-state index contributed by atoms with van der Waals surface area (Å²) >= 11 is 0. The van der Waals surface area contributed by atoms with Gasteiger partial charge in [0.1, 0.15) is 40.9 Å². The maximum Gasteiger partial charge on any atom is 0.184 e. The molecule has 0 aliphatic heterocycles. The normalized spacial score (nSPS) is 8.33. The van der Waals surface area contributed by atoms with Crippen LogP contribution in [0.2, 0.25) is 0 Å². The van der Waals surface area contributed by atoms with Crippen LogP contribution in [0, 0.1) is 0 Å². The lowest BCUT2D eigenvalue weighted by molar-refractivity contribution is -0.304. The summed E-state index contributed by atoms with van der Waals surface area (Å²) in [5, 5.41) is 36.4. The van der Waals surface area contributed by atoms with Gasteiger partial charge in [0.25, 0.3) is 0 Å². The monoisotopic (exact) mass is 1720 g/mol. The summed E-state index contributed by atoms with van der Waals surface area (Å²) < 4.78 is 40.2. The van der Waals surface area contributed by atoms with Crippen molar-refractivity contribution in [1.29, 1.82) is 0 Å². The summed E-state index contributed by atoms with van der Waals surface area (Å²) in [5.41, 5.74) is 69.4. The fourth-order valence-corrected chi connectivity index (χ4v) is 6.89. The van der Waals surface area contributed by atoms with Crippen LogP contribution in [0.25, 0.3) is 83.5 Å². The van der Waals surface area contributed by atoms with Crippen molar-refractivity contribution in [3.8, 4) is 0 Å². The second-order valence-corrected chi connectivity index (χ2v) is 16.5. The van der Waals surface area contributed by atoms with Crippen molar-refractivity contribution in [1.82, 2.24) is 29.4 Å². The molecule has 45 nitrogen and oxygen atoms in total. The Morgan fingerprint density at radius 3 is 0.737 bits per heavy atom. The lowest BCUT2D eigenvalue weighted by Crippen LogP contribution is -2.51. The van der Waals surface area contributed by atoms with E-state index in [4.69, 9.17) is 96.9 Å². The Bertz CT molecular complexity index is 2090. The van der Waals surface area contributed by atoms with Crippen LogP contribution in [0.5, 0.6) is 0 Å². The lowest BCUT2D eigenvalue weighted by atomic mass is 10.3. The van der Waals surface area contributed by atoms with E-state index in [1.54, 1.807) is 4.90 Å². The summed E-state index contributed by atoms with van der Waals surface area (Å²) in [5.74, 6) is 0. The quantitative estimate of drug-likeness (QED) is 0.00863. The highest BCUT2D eigenvalue weighted by molar-refractivity contribution is 4.73. The van der Waals surface area contributed by atoms with E-state index in [9.17, 15) is 5.11 Å². The molecule has 45 heteroatoms. The van der Waals surface area contributed by atoms with Crippen LogP contribution in [-0.4, -0.2) is 291 Å². The lowest BCUT2D eigenvalue weighted by Gasteiger charge is -2.36. The molecule has 0 rings (SSSR count). The minimum absolute atomic E-state index is 0. The van der Waals surface area contributed by atoms with Gasteiger partial charge in [-0.3, -0.25) is 44.4 Å². The van der Waals surface area contributed by atoms with E-state index in [-0.39, 0.29) is 231 Å². The number of aliphatic hydroxyl groups excluding tert-OH is 1. The molecule has 0 amide bonds. The molecule has 0 aliphatic rings. The number of rotatable bonds is 67. The number of ether oxygens (including phenoxy) is 7. The van der Waals surface area contributed by atoms with Crippen molar-refractivity contribution in [2.45, 2.75) is 139 Å². The average Bonchev–Trinajstić information content (AvgIpc) is 0.895. The average molecular weight is 1720 g/mol. The summed E-state index contributed by atoms with van der Waals surface area (Å²) in [6.45, 7) is 58.2. The first-order valence-corrected chi connectivity index (χ1v) is 30.7. The third kappa shape index (κ3) is 155. The Balaban J connectivity index is -0.000000100. The van der Waals surface area contributed by atoms with Gasteiger partial charge in [0, 0.05) is 170 Å². The number of aliphatic hydroxyl groups is 1. The minimum atomic E-state index is -1.15. The molecule has 0 aromatic rings. The van der Waals surface area contributed by atoms with Crippen molar-refractivity contribution in [3.63, 3.8) is 0 Å². The molecule has 0 heterocycles. The topological polar surface area (TPSA) is 559 Å². The first-order valence-electron chi connectivity index (χ1n) is 30.7. The second kappa shape index (κ2) is 188. The fraction of sp³-hybridized carbons (Fsp3) is 0.781. The van der Waals surface area contributed by atoms with Crippen LogP contribution in [0.3, 0.4) is 0 Å². The van der Waals surface area contributed by atoms with Gasteiger partial charge in [0.05, 0.1) is 99.2 Å². The van der Waals surface area contributed by atoms with E-state index >= 15 is 0 Å². The minimum Gasteiger partial charge on any atom is -0.411 e. The van der Waals surface area contributed by atoms with Gasteiger partial charge in [-0.05, 0) is 50.7 Å².